The van der Waals surface area contributed by atoms with Gasteiger partial charge in [0, 0.05) is 28.2 Å². The van der Waals surface area contributed by atoms with Crippen molar-refractivity contribution in [1.29, 1.82) is 0 Å². The number of benzene rings is 2. The van der Waals surface area contributed by atoms with Crippen LogP contribution in [0.25, 0.3) is 11.1 Å². The first-order valence-electron chi connectivity index (χ1n) is 9.15. The smallest absolute Gasteiger partial charge is 0.127 e. The van der Waals surface area contributed by atoms with Crippen molar-refractivity contribution in [2.24, 2.45) is 0 Å². The van der Waals surface area contributed by atoms with Crippen LogP contribution in [-0.4, -0.2) is 22.6 Å². The topological polar surface area (TPSA) is 23.5 Å². The van der Waals surface area contributed by atoms with E-state index in [4.69, 9.17) is 11.6 Å². The van der Waals surface area contributed by atoms with Crippen molar-refractivity contribution in [2.45, 2.75) is 66.0 Å². The summed E-state index contributed by atoms with van der Waals surface area (Å²) in [6, 6.07) is 10.2. The highest BCUT2D eigenvalue weighted by Gasteiger charge is 2.23. The third-order valence-electron chi connectivity index (χ3n) is 5.08. The lowest BCUT2D eigenvalue weighted by atomic mass is 9.83. The summed E-state index contributed by atoms with van der Waals surface area (Å²) in [7, 11) is 2.09. The second-order valence-electron chi connectivity index (χ2n) is 9.27. The minimum Gasteiger partial charge on any atom is -0.507 e. The van der Waals surface area contributed by atoms with E-state index in [2.05, 4.69) is 65.6 Å². The lowest BCUT2D eigenvalue weighted by Gasteiger charge is -2.33. The molecule has 0 aromatic heterocycles. The van der Waals surface area contributed by atoms with Gasteiger partial charge >= 0.3 is 0 Å². The molecular weight excluding hydrogens is 377 g/mol. The SMILES string of the molecule is Cc1cc(-c2cc(C(C)(C)C)cc(CN(C)C(C)(C)C)c2O)ccc1Cl.Cl. The van der Waals surface area contributed by atoms with Gasteiger partial charge in [0.1, 0.15) is 5.75 Å². The predicted octanol–water partition coefficient (Wildman–Crippen LogP) is 6.97. The number of phenols is 1. The third-order valence-corrected chi connectivity index (χ3v) is 5.50. The van der Waals surface area contributed by atoms with Gasteiger partial charge in [-0.15, -0.1) is 12.4 Å². The Morgan fingerprint density at radius 3 is 2.07 bits per heavy atom. The molecule has 0 atom stereocenters. The Labute approximate surface area is 176 Å². The minimum absolute atomic E-state index is 0. The van der Waals surface area contributed by atoms with Gasteiger partial charge in [-0.3, -0.25) is 4.90 Å². The molecule has 0 aliphatic heterocycles. The monoisotopic (exact) mass is 409 g/mol. The molecule has 1 N–H and O–H groups in total. The number of hydrogen-bond acceptors (Lipinski definition) is 2. The average Bonchev–Trinajstić information content (AvgIpc) is 2.50. The summed E-state index contributed by atoms with van der Waals surface area (Å²) in [4.78, 5) is 2.26. The van der Waals surface area contributed by atoms with Crippen LogP contribution in [0, 0.1) is 6.92 Å². The summed E-state index contributed by atoms with van der Waals surface area (Å²) >= 11 is 6.19. The fourth-order valence-electron chi connectivity index (χ4n) is 2.77. The Bertz CT molecular complexity index is 801. The Hall–Kier alpha value is -1.22. The van der Waals surface area contributed by atoms with Crippen LogP contribution in [-0.2, 0) is 12.0 Å². The number of aryl methyl sites for hydroxylation is 1. The van der Waals surface area contributed by atoms with E-state index in [1.807, 2.05) is 25.1 Å². The molecule has 0 spiro atoms. The molecule has 0 aliphatic carbocycles. The molecular formula is C23H33Cl2NO. The van der Waals surface area contributed by atoms with Crippen LogP contribution < -0.4 is 0 Å². The molecule has 2 nitrogen and oxygen atoms in total. The van der Waals surface area contributed by atoms with E-state index in [1.165, 1.54) is 5.56 Å². The van der Waals surface area contributed by atoms with E-state index < -0.39 is 0 Å². The number of nitrogens with zero attached hydrogens (tertiary/aromatic N) is 1. The van der Waals surface area contributed by atoms with Crippen LogP contribution in [0.2, 0.25) is 5.02 Å². The Kier molecular flexibility index (Phi) is 7.43. The number of hydrogen-bond donors (Lipinski definition) is 1. The van der Waals surface area contributed by atoms with Gasteiger partial charge in [-0.2, -0.15) is 0 Å². The zero-order valence-electron chi connectivity index (χ0n) is 17.8. The van der Waals surface area contributed by atoms with Crippen LogP contribution in [0.1, 0.15) is 58.2 Å². The highest BCUT2D eigenvalue weighted by atomic mass is 35.5. The van der Waals surface area contributed by atoms with Gasteiger partial charge in [0.05, 0.1) is 0 Å². The van der Waals surface area contributed by atoms with Crippen LogP contribution in [0.3, 0.4) is 0 Å². The summed E-state index contributed by atoms with van der Waals surface area (Å²) in [6.07, 6.45) is 0. The summed E-state index contributed by atoms with van der Waals surface area (Å²) in [5.74, 6) is 0.357. The van der Waals surface area contributed by atoms with Crippen molar-refractivity contribution in [3.63, 3.8) is 0 Å². The summed E-state index contributed by atoms with van der Waals surface area (Å²) in [5, 5.41) is 11.8. The number of halogens is 2. The van der Waals surface area contributed by atoms with Gasteiger partial charge in [-0.25, -0.2) is 0 Å². The number of rotatable bonds is 3. The Morgan fingerprint density at radius 2 is 1.59 bits per heavy atom. The Balaban J connectivity index is 0.00000364. The average molecular weight is 410 g/mol. The molecule has 0 radical (unpaired) electrons. The first kappa shape index (κ1) is 23.8. The van der Waals surface area contributed by atoms with Gasteiger partial charge in [0.15, 0.2) is 0 Å². The maximum Gasteiger partial charge on any atom is 0.127 e. The molecule has 150 valence electrons. The molecule has 0 amide bonds. The number of aromatic hydroxyl groups is 1. The van der Waals surface area contributed by atoms with Crippen molar-refractivity contribution in [3.05, 3.63) is 52.0 Å². The molecule has 0 unspecified atom stereocenters. The van der Waals surface area contributed by atoms with Gasteiger partial charge < -0.3 is 5.11 Å². The summed E-state index contributed by atoms with van der Waals surface area (Å²) in [5.41, 5.74) is 5.08. The van der Waals surface area contributed by atoms with Crippen molar-refractivity contribution in [1.82, 2.24) is 4.90 Å². The first-order valence-corrected chi connectivity index (χ1v) is 9.52. The number of phenolic OH excluding ortho intramolecular Hbond substituents is 1. The van der Waals surface area contributed by atoms with Crippen LogP contribution in [0.5, 0.6) is 5.75 Å². The van der Waals surface area contributed by atoms with Crippen LogP contribution in [0.15, 0.2) is 30.3 Å². The van der Waals surface area contributed by atoms with Gasteiger partial charge in [0.25, 0.3) is 0 Å². The third kappa shape index (κ3) is 5.63. The summed E-state index contributed by atoms with van der Waals surface area (Å²) < 4.78 is 0. The van der Waals surface area contributed by atoms with Crippen molar-refractivity contribution < 1.29 is 5.11 Å². The molecule has 27 heavy (non-hydrogen) atoms. The highest BCUT2D eigenvalue weighted by molar-refractivity contribution is 6.31. The fourth-order valence-corrected chi connectivity index (χ4v) is 2.89. The first-order chi connectivity index (χ1) is 11.8. The molecule has 2 aromatic rings. The van der Waals surface area contributed by atoms with E-state index in [1.54, 1.807) is 0 Å². The van der Waals surface area contributed by atoms with E-state index in [0.717, 1.165) is 27.3 Å². The molecule has 2 aromatic carbocycles. The standard InChI is InChI=1S/C23H32ClNO.ClH/c1-15-11-16(9-10-20(15)24)19-13-18(22(2,3)4)12-17(21(19)26)14-25(8)23(5,6)7;/h9-13,26H,14H2,1-8H3;1H. The molecule has 0 fully saturated rings. The van der Waals surface area contributed by atoms with E-state index in [0.29, 0.717) is 12.3 Å². The maximum absolute atomic E-state index is 11.0. The summed E-state index contributed by atoms with van der Waals surface area (Å²) in [6.45, 7) is 15.8. The molecule has 0 bridgehead atoms. The molecule has 0 saturated carbocycles. The molecule has 0 aliphatic rings. The van der Waals surface area contributed by atoms with Crippen molar-refractivity contribution >= 4 is 24.0 Å². The Morgan fingerprint density at radius 1 is 1.00 bits per heavy atom. The molecule has 2 rings (SSSR count). The van der Waals surface area contributed by atoms with Crippen molar-refractivity contribution in [2.75, 3.05) is 7.05 Å². The fraction of sp³-hybridized carbons (Fsp3) is 0.478. The normalized spacial score (nSPS) is 12.2. The van der Waals surface area contributed by atoms with Crippen LogP contribution >= 0.6 is 24.0 Å². The second kappa shape index (κ2) is 8.43. The molecule has 0 heterocycles. The molecule has 4 heteroatoms. The zero-order chi connectivity index (χ0) is 19.9. The molecule has 0 saturated heterocycles. The largest absolute Gasteiger partial charge is 0.507 e. The van der Waals surface area contributed by atoms with Crippen molar-refractivity contribution in [3.8, 4) is 16.9 Å². The van der Waals surface area contributed by atoms with Crippen LogP contribution in [0.4, 0.5) is 0 Å². The highest BCUT2D eigenvalue weighted by Crippen LogP contribution is 2.39. The van der Waals surface area contributed by atoms with E-state index in [-0.39, 0.29) is 23.4 Å². The lowest BCUT2D eigenvalue weighted by molar-refractivity contribution is 0.166. The quantitative estimate of drug-likeness (QED) is 0.591. The zero-order valence-corrected chi connectivity index (χ0v) is 19.3. The second-order valence-corrected chi connectivity index (χ2v) is 9.68. The van der Waals surface area contributed by atoms with Gasteiger partial charge in [-0.05, 0) is 75.0 Å². The minimum atomic E-state index is -0.00102. The van der Waals surface area contributed by atoms with Gasteiger partial charge in [-0.1, -0.05) is 44.5 Å². The lowest BCUT2D eigenvalue weighted by Crippen LogP contribution is -2.37. The maximum atomic E-state index is 11.0. The predicted molar refractivity (Wildman–Crippen MR) is 120 cm³/mol. The van der Waals surface area contributed by atoms with E-state index >= 15 is 0 Å². The van der Waals surface area contributed by atoms with Gasteiger partial charge in [0.2, 0.25) is 0 Å². The van der Waals surface area contributed by atoms with E-state index in [9.17, 15) is 5.11 Å².